The van der Waals surface area contributed by atoms with Crippen LogP contribution in [0.25, 0.3) is 0 Å². The second kappa shape index (κ2) is 9.84. The summed E-state index contributed by atoms with van der Waals surface area (Å²) in [5, 5.41) is 3.84. The quantitative estimate of drug-likeness (QED) is 0.378. The smallest absolute Gasteiger partial charge is 0.375 e. The van der Waals surface area contributed by atoms with Crippen LogP contribution in [0.1, 0.15) is 6.42 Å². The van der Waals surface area contributed by atoms with Crippen molar-refractivity contribution in [3.63, 3.8) is 0 Å². The van der Waals surface area contributed by atoms with Crippen LogP contribution in [0.15, 0.2) is 10.8 Å². The van der Waals surface area contributed by atoms with Gasteiger partial charge in [0.05, 0.1) is 14.2 Å². The molecule has 0 fully saturated rings. The van der Waals surface area contributed by atoms with E-state index in [9.17, 15) is 9.59 Å². The number of nitrogens with zero attached hydrogens (tertiary/aromatic N) is 1. The summed E-state index contributed by atoms with van der Waals surface area (Å²) in [6.45, 7) is 0. The first-order chi connectivity index (χ1) is 10.1. The summed E-state index contributed by atoms with van der Waals surface area (Å²) in [6, 6.07) is -0.651. The summed E-state index contributed by atoms with van der Waals surface area (Å²) < 4.78 is 45.9. The molecular weight excluding hydrogens is 362 g/mol. The van der Waals surface area contributed by atoms with E-state index in [2.05, 4.69) is 4.74 Å². The van der Waals surface area contributed by atoms with Gasteiger partial charge in [-0.3, -0.25) is 4.79 Å². The molecule has 0 aliphatic heterocycles. The fourth-order valence-corrected chi connectivity index (χ4v) is 3.07. The lowest BCUT2D eigenvalue weighted by molar-refractivity contribution is -2.00. The number of carbonyl (C=O) groups excluding carboxylic acids is 2. The number of rotatable bonds is 4. The van der Waals surface area contributed by atoms with Gasteiger partial charge in [0, 0.05) is 10.8 Å². The predicted octanol–water partition coefficient (Wildman–Crippen LogP) is -4.44. The molecule has 0 spiro atoms. The first-order valence-corrected chi connectivity index (χ1v) is 8.44. The van der Waals surface area contributed by atoms with Crippen molar-refractivity contribution in [2.24, 2.45) is 0 Å². The van der Waals surface area contributed by atoms with Gasteiger partial charge >= 0.3 is 15.9 Å². The van der Waals surface area contributed by atoms with Crippen molar-refractivity contribution in [2.75, 3.05) is 21.3 Å². The first-order valence-electron chi connectivity index (χ1n) is 5.44. The Morgan fingerprint density at radius 1 is 1.18 bits per heavy atom. The first kappa shape index (κ1) is 20.9. The molecule has 0 radical (unpaired) electrons. The fraction of sp³-hybridized carbons (Fsp3) is 0.500. The maximum atomic E-state index is 11.6. The maximum absolute atomic E-state index is 11.6. The van der Waals surface area contributed by atoms with Crippen molar-refractivity contribution >= 4 is 34.6 Å². The molecule has 0 aromatic carbocycles. The van der Waals surface area contributed by atoms with Gasteiger partial charge in [0.25, 0.3) is 6.04 Å². The number of ether oxygens (including phenoxy) is 2. The van der Waals surface area contributed by atoms with Crippen LogP contribution in [0.3, 0.4) is 0 Å². The summed E-state index contributed by atoms with van der Waals surface area (Å²) in [7, 11) is -0.588. The third-order valence-electron chi connectivity index (χ3n) is 2.21. The van der Waals surface area contributed by atoms with Gasteiger partial charge in [-0.15, -0.1) is 10.2 Å². The Labute approximate surface area is 136 Å². The van der Waals surface area contributed by atoms with Crippen LogP contribution >= 0.6 is 22.7 Å². The van der Waals surface area contributed by atoms with Crippen molar-refractivity contribution in [3.8, 4) is 0 Å². The lowest BCUT2D eigenvalue weighted by atomic mass is 10.2. The molecule has 0 N–H and O–H groups in total. The largest absolute Gasteiger partial charge is 0.469 e. The summed E-state index contributed by atoms with van der Waals surface area (Å²) in [4.78, 5) is 22.9. The molecule has 1 rings (SSSR count). The maximum Gasteiger partial charge on any atom is 0.375 e. The Bertz CT molecular complexity index is 527. The van der Waals surface area contributed by atoms with E-state index in [4.69, 9.17) is 23.4 Å². The Balaban J connectivity index is 0.000000763. The second-order valence-electron chi connectivity index (χ2n) is 3.58. The van der Waals surface area contributed by atoms with Gasteiger partial charge < -0.3 is 9.47 Å². The molecule has 0 aliphatic carbocycles. The highest BCUT2D eigenvalue weighted by Crippen LogP contribution is 2.02. The summed E-state index contributed by atoms with van der Waals surface area (Å²) in [6.07, 6.45) is -0.0235. The molecule has 9 nitrogen and oxygen atoms in total. The van der Waals surface area contributed by atoms with E-state index in [0.717, 1.165) is 3.98 Å². The topological polar surface area (TPSA) is 148 Å². The van der Waals surface area contributed by atoms with Crippen molar-refractivity contribution in [2.45, 2.75) is 12.5 Å². The molecule has 0 saturated carbocycles. The van der Waals surface area contributed by atoms with Gasteiger partial charge in [-0.2, -0.15) is 0 Å². The van der Waals surface area contributed by atoms with Gasteiger partial charge in [0.1, 0.15) is 13.5 Å². The van der Waals surface area contributed by atoms with E-state index in [1.807, 2.05) is 10.8 Å². The van der Waals surface area contributed by atoms with Crippen LogP contribution in [-0.4, -0.2) is 39.2 Å². The SMILES string of the molecule is COC(=O)CC(C(=O)OC)[N+](C)=c1sccs1.[O-][Cl+3]([O-])([O-])[O-]. The number of hydrogen-bond donors (Lipinski definition) is 0. The number of methoxy groups -OCH3 is 2. The van der Waals surface area contributed by atoms with Crippen LogP contribution in [0, 0.1) is 10.2 Å². The molecule has 12 heteroatoms. The van der Waals surface area contributed by atoms with E-state index in [-0.39, 0.29) is 6.42 Å². The standard InChI is InChI=1S/C10H14NO4S2.ClHO4/c1-11(10-16-4-5-17-10)7(9(13)15-3)6-8(12)14-2;2-1(3,4)5/h4-5,7H,6H2,1-3H3;(H,2,3,4,5)/q+1;/p-1. The highest BCUT2D eigenvalue weighted by Gasteiger charge is 2.32. The van der Waals surface area contributed by atoms with Crippen LogP contribution in [0.2, 0.25) is 0 Å². The van der Waals surface area contributed by atoms with Gasteiger partial charge in [0.15, 0.2) is 0 Å². The van der Waals surface area contributed by atoms with E-state index in [1.54, 1.807) is 11.6 Å². The van der Waals surface area contributed by atoms with E-state index >= 15 is 0 Å². The summed E-state index contributed by atoms with van der Waals surface area (Å²) >= 11 is 3.01. The number of halogens is 1. The molecule has 1 atom stereocenters. The lowest BCUT2D eigenvalue weighted by Crippen LogP contribution is -2.68. The highest BCUT2D eigenvalue weighted by molar-refractivity contribution is 7.24. The van der Waals surface area contributed by atoms with Crippen LogP contribution < -0.4 is 27.2 Å². The van der Waals surface area contributed by atoms with Gasteiger partial charge in [-0.1, -0.05) is 22.7 Å². The molecule has 1 heterocycles. The van der Waals surface area contributed by atoms with Crippen LogP contribution in [-0.2, 0) is 19.1 Å². The van der Waals surface area contributed by atoms with Crippen molar-refractivity contribution in [3.05, 3.63) is 14.7 Å². The zero-order chi connectivity index (χ0) is 17.3. The van der Waals surface area contributed by atoms with Gasteiger partial charge in [-0.25, -0.2) is 28.0 Å². The Kier molecular flexibility index (Phi) is 9.36. The molecule has 0 amide bonds. The molecular formula is C10H14ClNO8S2. The number of likely N-dealkylation sites (N-methyl/N-ethyl adjacent to an activating group) is 1. The monoisotopic (exact) mass is 375 g/mol. The number of carbonyl (C=O) groups is 2. The number of esters is 2. The van der Waals surface area contributed by atoms with E-state index < -0.39 is 28.2 Å². The molecule has 22 heavy (non-hydrogen) atoms. The predicted molar refractivity (Wildman–Crippen MR) is 65.8 cm³/mol. The van der Waals surface area contributed by atoms with E-state index in [0.29, 0.717) is 0 Å². The van der Waals surface area contributed by atoms with Crippen LogP contribution in [0.4, 0.5) is 0 Å². The highest BCUT2D eigenvalue weighted by atomic mass is 35.7. The minimum absolute atomic E-state index is 0.0235. The minimum atomic E-state index is -4.94. The molecule has 0 aliphatic rings. The van der Waals surface area contributed by atoms with Gasteiger partial charge in [-0.05, 0) is 0 Å². The molecule has 1 unspecified atom stereocenters. The van der Waals surface area contributed by atoms with Crippen molar-refractivity contribution in [1.29, 1.82) is 0 Å². The fourth-order valence-electron chi connectivity index (χ4n) is 1.25. The Hall–Kier alpha value is -1.08. The average Bonchev–Trinajstić information content (AvgIpc) is 2.95. The summed E-state index contributed by atoms with van der Waals surface area (Å²) in [5.41, 5.74) is 0. The summed E-state index contributed by atoms with van der Waals surface area (Å²) in [5.74, 6) is -0.882. The molecule has 0 bridgehead atoms. The molecule has 0 saturated heterocycles. The second-order valence-corrected chi connectivity index (χ2v) is 6.39. The molecule has 126 valence electrons. The van der Waals surface area contributed by atoms with Gasteiger partial charge in [0.2, 0.25) is 0 Å². The zero-order valence-electron chi connectivity index (χ0n) is 11.8. The minimum Gasteiger partial charge on any atom is -0.469 e. The Morgan fingerprint density at radius 2 is 1.64 bits per heavy atom. The third kappa shape index (κ3) is 9.04. The third-order valence-corrected chi connectivity index (χ3v) is 4.48. The lowest BCUT2D eigenvalue weighted by Gasteiger charge is -2.17. The number of hydrogen-bond acceptors (Lipinski definition) is 10. The van der Waals surface area contributed by atoms with Crippen molar-refractivity contribution < 1.29 is 47.9 Å². The average molecular weight is 376 g/mol. The van der Waals surface area contributed by atoms with Crippen LogP contribution in [0.5, 0.6) is 0 Å². The van der Waals surface area contributed by atoms with Crippen molar-refractivity contribution in [1.82, 2.24) is 4.58 Å². The normalized spacial score (nSPS) is 11.8. The zero-order valence-corrected chi connectivity index (χ0v) is 14.2. The molecule has 1 aromatic heterocycles. The molecule has 1 aromatic rings. The Morgan fingerprint density at radius 3 is 2.00 bits per heavy atom. The van der Waals surface area contributed by atoms with E-state index in [1.165, 1.54) is 36.9 Å².